The van der Waals surface area contributed by atoms with Crippen molar-refractivity contribution in [1.82, 2.24) is 10.6 Å². The van der Waals surface area contributed by atoms with Gasteiger partial charge in [0.25, 0.3) is 5.91 Å². The molecule has 1 fully saturated rings. The highest BCUT2D eigenvalue weighted by Crippen LogP contribution is 2.18. The molecule has 0 atom stereocenters. The second-order valence-corrected chi connectivity index (χ2v) is 5.23. The van der Waals surface area contributed by atoms with E-state index in [4.69, 9.17) is 0 Å². The predicted molar refractivity (Wildman–Crippen MR) is 76.4 cm³/mol. The van der Waals surface area contributed by atoms with E-state index < -0.39 is 0 Å². The second kappa shape index (κ2) is 6.35. The lowest BCUT2D eigenvalue weighted by Crippen LogP contribution is -2.52. The van der Waals surface area contributed by atoms with Crippen molar-refractivity contribution in [3.63, 3.8) is 0 Å². The van der Waals surface area contributed by atoms with E-state index >= 15 is 0 Å². The Morgan fingerprint density at radius 1 is 1.37 bits per heavy atom. The van der Waals surface area contributed by atoms with Crippen LogP contribution in [0.5, 0.6) is 0 Å². The Bertz CT molecular complexity index is 459. The molecule has 0 spiro atoms. The first kappa shape index (κ1) is 15.9. The van der Waals surface area contributed by atoms with Gasteiger partial charge in [-0.3, -0.25) is 4.79 Å². The summed E-state index contributed by atoms with van der Waals surface area (Å²) in [4.78, 5) is 12.1. The molecule has 0 saturated carbocycles. The number of hydrogen-bond donors (Lipinski definition) is 2. The van der Waals surface area contributed by atoms with Crippen molar-refractivity contribution in [3.05, 3.63) is 35.1 Å². The minimum atomic E-state index is -0.335. The first-order valence-electron chi connectivity index (χ1n) is 6.30. The summed E-state index contributed by atoms with van der Waals surface area (Å²) >= 11 is 0. The molecule has 1 aliphatic rings. The Morgan fingerprint density at radius 2 is 2.00 bits per heavy atom. The van der Waals surface area contributed by atoms with Gasteiger partial charge in [0.15, 0.2) is 0 Å². The summed E-state index contributed by atoms with van der Waals surface area (Å²) in [7, 11) is 0. The van der Waals surface area contributed by atoms with Crippen LogP contribution in [0.25, 0.3) is 0 Å². The number of piperidine rings is 1. The van der Waals surface area contributed by atoms with Crippen molar-refractivity contribution < 1.29 is 9.18 Å². The van der Waals surface area contributed by atoms with Crippen LogP contribution in [-0.2, 0) is 0 Å². The smallest absolute Gasteiger partial charge is 0.251 e. The number of rotatable bonds is 2. The molecule has 0 unspecified atom stereocenters. The summed E-state index contributed by atoms with van der Waals surface area (Å²) in [5.41, 5.74) is 0.751. The highest BCUT2D eigenvalue weighted by molar-refractivity contribution is 5.94. The molecule has 1 saturated heterocycles. The van der Waals surface area contributed by atoms with Crippen LogP contribution < -0.4 is 10.6 Å². The molecule has 19 heavy (non-hydrogen) atoms. The number of benzene rings is 1. The Morgan fingerprint density at radius 3 is 2.58 bits per heavy atom. The number of nitrogens with one attached hydrogen (secondary N) is 2. The van der Waals surface area contributed by atoms with Crippen LogP contribution in [0.15, 0.2) is 18.2 Å². The van der Waals surface area contributed by atoms with Gasteiger partial charge >= 0.3 is 0 Å². The summed E-state index contributed by atoms with van der Waals surface area (Å²) < 4.78 is 13.4. The highest BCUT2D eigenvalue weighted by atomic mass is 35.5. The molecule has 1 heterocycles. The fourth-order valence-corrected chi connectivity index (χ4v) is 2.18. The van der Waals surface area contributed by atoms with Gasteiger partial charge < -0.3 is 10.6 Å². The normalized spacial score (nSPS) is 17.4. The molecule has 2 rings (SSSR count). The van der Waals surface area contributed by atoms with Crippen LogP contribution in [0.1, 0.15) is 35.7 Å². The molecule has 0 aliphatic carbocycles. The molecule has 1 aromatic rings. The summed E-state index contributed by atoms with van der Waals surface area (Å²) in [6, 6.07) is 4.60. The molecular formula is C14H20ClFN2O. The molecule has 2 N–H and O–H groups in total. The molecular weight excluding hydrogens is 267 g/mol. The number of carbonyl (C=O) groups excluding carboxylic acids is 1. The number of amides is 1. The van der Waals surface area contributed by atoms with E-state index in [2.05, 4.69) is 10.6 Å². The number of halogens is 2. The standard InChI is InChI=1S/C14H19FN2O.ClH/c1-10-3-4-11(9-12(10)15)13(18)17-14(2)5-7-16-8-6-14;/h3-4,9,16H,5-8H2,1-2H3,(H,17,18);1H. The largest absolute Gasteiger partial charge is 0.347 e. The summed E-state index contributed by atoms with van der Waals surface area (Å²) in [6.45, 7) is 5.53. The van der Waals surface area contributed by atoms with Gasteiger partial charge in [-0.1, -0.05) is 6.07 Å². The average molecular weight is 287 g/mol. The van der Waals surface area contributed by atoms with Gasteiger partial charge in [-0.15, -0.1) is 12.4 Å². The third-order valence-corrected chi connectivity index (χ3v) is 3.56. The van der Waals surface area contributed by atoms with Crippen LogP contribution in [0.3, 0.4) is 0 Å². The van der Waals surface area contributed by atoms with Crippen molar-refractivity contribution in [1.29, 1.82) is 0 Å². The molecule has 1 aliphatic heterocycles. The maximum Gasteiger partial charge on any atom is 0.251 e. The van der Waals surface area contributed by atoms with Crippen molar-refractivity contribution in [3.8, 4) is 0 Å². The zero-order valence-corrected chi connectivity index (χ0v) is 12.1. The molecule has 1 amide bonds. The van der Waals surface area contributed by atoms with E-state index in [1.807, 2.05) is 6.92 Å². The van der Waals surface area contributed by atoms with Crippen LogP contribution >= 0.6 is 12.4 Å². The summed E-state index contributed by atoms with van der Waals surface area (Å²) in [5, 5.41) is 6.27. The molecule has 106 valence electrons. The van der Waals surface area contributed by atoms with Gasteiger partial charge in [0.1, 0.15) is 5.82 Å². The average Bonchev–Trinajstić information content (AvgIpc) is 2.33. The number of carbonyl (C=O) groups is 1. The Labute approximate surface area is 119 Å². The van der Waals surface area contributed by atoms with Crippen molar-refractivity contribution in [2.45, 2.75) is 32.2 Å². The Kier molecular flexibility index (Phi) is 5.32. The fourth-order valence-electron chi connectivity index (χ4n) is 2.18. The van der Waals surface area contributed by atoms with Crippen LogP contribution in [0.4, 0.5) is 4.39 Å². The van der Waals surface area contributed by atoms with Gasteiger partial charge in [0.05, 0.1) is 0 Å². The van der Waals surface area contributed by atoms with Gasteiger partial charge in [0, 0.05) is 11.1 Å². The molecule has 5 heteroatoms. The lowest BCUT2D eigenvalue weighted by Gasteiger charge is -2.35. The van der Waals surface area contributed by atoms with E-state index in [1.54, 1.807) is 19.1 Å². The summed E-state index contributed by atoms with van der Waals surface area (Å²) in [6.07, 6.45) is 1.79. The predicted octanol–water partition coefficient (Wildman–Crippen LogP) is 2.43. The minimum absolute atomic E-state index is 0. The van der Waals surface area contributed by atoms with E-state index in [0.717, 1.165) is 25.9 Å². The third-order valence-electron chi connectivity index (χ3n) is 3.56. The molecule has 0 aromatic heterocycles. The van der Waals surface area contributed by atoms with E-state index in [9.17, 15) is 9.18 Å². The molecule has 3 nitrogen and oxygen atoms in total. The van der Waals surface area contributed by atoms with Gasteiger partial charge in [0.2, 0.25) is 0 Å². The first-order valence-corrected chi connectivity index (χ1v) is 6.30. The quantitative estimate of drug-likeness (QED) is 0.877. The number of aryl methyl sites for hydroxylation is 1. The van der Waals surface area contributed by atoms with Crippen molar-refractivity contribution >= 4 is 18.3 Å². The lowest BCUT2D eigenvalue weighted by atomic mass is 9.90. The fraction of sp³-hybridized carbons (Fsp3) is 0.500. The maximum atomic E-state index is 13.4. The Balaban J connectivity index is 0.00000180. The van der Waals surface area contributed by atoms with Gasteiger partial charge in [-0.05, 0) is 57.5 Å². The summed E-state index contributed by atoms with van der Waals surface area (Å²) in [5.74, 6) is -0.531. The van der Waals surface area contributed by atoms with E-state index in [1.165, 1.54) is 6.07 Å². The zero-order valence-electron chi connectivity index (χ0n) is 11.3. The Hall–Kier alpha value is -1.13. The van der Waals surface area contributed by atoms with E-state index in [0.29, 0.717) is 11.1 Å². The van der Waals surface area contributed by atoms with E-state index in [-0.39, 0.29) is 29.7 Å². The first-order chi connectivity index (χ1) is 8.50. The lowest BCUT2D eigenvalue weighted by molar-refractivity contribution is 0.0887. The number of hydrogen-bond acceptors (Lipinski definition) is 2. The molecule has 0 bridgehead atoms. The van der Waals surface area contributed by atoms with Crippen LogP contribution in [0, 0.1) is 12.7 Å². The van der Waals surface area contributed by atoms with Crippen molar-refractivity contribution in [2.24, 2.45) is 0 Å². The monoisotopic (exact) mass is 286 g/mol. The van der Waals surface area contributed by atoms with Crippen LogP contribution in [-0.4, -0.2) is 24.5 Å². The maximum absolute atomic E-state index is 13.4. The molecule has 0 radical (unpaired) electrons. The van der Waals surface area contributed by atoms with Crippen LogP contribution in [0.2, 0.25) is 0 Å². The van der Waals surface area contributed by atoms with Gasteiger partial charge in [-0.2, -0.15) is 0 Å². The minimum Gasteiger partial charge on any atom is -0.347 e. The van der Waals surface area contributed by atoms with Crippen molar-refractivity contribution in [2.75, 3.05) is 13.1 Å². The second-order valence-electron chi connectivity index (χ2n) is 5.23. The molecule has 1 aromatic carbocycles. The zero-order chi connectivity index (χ0) is 13.2. The third kappa shape index (κ3) is 3.91. The van der Waals surface area contributed by atoms with Gasteiger partial charge in [-0.25, -0.2) is 4.39 Å². The SMILES string of the molecule is Cc1ccc(C(=O)NC2(C)CCNCC2)cc1F.Cl. The topological polar surface area (TPSA) is 41.1 Å². The highest BCUT2D eigenvalue weighted by Gasteiger charge is 2.28.